The number of nitrogens with zero attached hydrogens (tertiary/aromatic N) is 2. The van der Waals surface area contributed by atoms with Crippen molar-refractivity contribution in [3.63, 3.8) is 0 Å². The van der Waals surface area contributed by atoms with Gasteiger partial charge in [-0.05, 0) is 49.1 Å². The van der Waals surface area contributed by atoms with Gasteiger partial charge in [0.1, 0.15) is 6.54 Å². The number of benzene rings is 2. The number of aryl methyl sites for hydroxylation is 1. The molecule has 0 bridgehead atoms. The first-order valence-electron chi connectivity index (χ1n) is 13.6. The van der Waals surface area contributed by atoms with Crippen LogP contribution in [0.3, 0.4) is 0 Å². The maximum atomic E-state index is 12.4. The molecule has 1 unspecified atom stereocenters. The summed E-state index contributed by atoms with van der Waals surface area (Å²) in [5, 5.41) is 1.22. The van der Waals surface area contributed by atoms with E-state index in [1.54, 1.807) is 6.66 Å². The summed E-state index contributed by atoms with van der Waals surface area (Å²) in [6, 6.07) is 19.7. The van der Waals surface area contributed by atoms with E-state index in [2.05, 4.69) is 96.3 Å². The van der Waals surface area contributed by atoms with E-state index in [-0.39, 0.29) is 0 Å². The molecule has 5 heteroatoms. The van der Waals surface area contributed by atoms with Crippen LogP contribution < -0.4 is 9.47 Å². The maximum absolute atomic E-state index is 12.4. The molecule has 0 saturated heterocycles. The highest BCUT2D eigenvalue weighted by molar-refractivity contribution is 7.58. The van der Waals surface area contributed by atoms with Crippen molar-refractivity contribution >= 4 is 36.1 Å². The van der Waals surface area contributed by atoms with Crippen LogP contribution in [0.15, 0.2) is 60.8 Å². The number of hydrogen-bond donors (Lipinski definition) is 0. The van der Waals surface area contributed by atoms with E-state index in [1.165, 1.54) is 53.4 Å². The van der Waals surface area contributed by atoms with Crippen LogP contribution >= 0.6 is 7.37 Å². The summed E-state index contributed by atoms with van der Waals surface area (Å²) in [5.41, 5.74) is 4.93. The van der Waals surface area contributed by atoms with Gasteiger partial charge in [0.15, 0.2) is 13.6 Å². The third kappa shape index (κ3) is 8.32. The molecule has 0 radical (unpaired) electrons. The van der Waals surface area contributed by atoms with Crippen LogP contribution in [0.2, 0.25) is 0 Å². The minimum atomic E-state index is -2.49. The predicted molar refractivity (Wildman–Crippen MR) is 156 cm³/mol. The molecule has 0 saturated carbocycles. The lowest BCUT2D eigenvalue weighted by atomic mass is 10.1. The van der Waals surface area contributed by atoms with Crippen molar-refractivity contribution in [1.29, 1.82) is 0 Å². The Morgan fingerprint density at radius 3 is 2.25 bits per heavy atom. The van der Waals surface area contributed by atoms with Crippen molar-refractivity contribution in [2.75, 3.05) is 37.4 Å². The van der Waals surface area contributed by atoms with Crippen molar-refractivity contribution in [3.05, 3.63) is 71.9 Å². The highest BCUT2D eigenvalue weighted by atomic mass is 31.2. The average molecular weight is 508 g/mol. The Bertz CT molecular complexity index is 1150. The molecule has 1 heterocycles. The largest absolute Gasteiger partial charge is 0.372 e. The lowest BCUT2D eigenvalue weighted by Crippen LogP contribution is -2.34. The quantitative estimate of drug-likeness (QED) is 0.154. The Morgan fingerprint density at radius 2 is 1.58 bits per heavy atom. The van der Waals surface area contributed by atoms with Crippen LogP contribution in [0, 0.1) is 0 Å². The molecule has 0 spiro atoms. The Morgan fingerprint density at radius 1 is 0.889 bits per heavy atom. The molecule has 0 aliphatic heterocycles. The SMILES string of the molecule is CCCCN(CCCC)c1ccc(C=Cc2cc[n+](CCCP(C)(=O)OCC)c3ccccc23)cc1. The van der Waals surface area contributed by atoms with Crippen LogP contribution in [0.25, 0.3) is 23.1 Å². The summed E-state index contributed by atoms with van der Waals surface area (Å²) in [4.78, 5) is 2.52. The minimum absolute atomic E-state index is 0.504. The van der Waals surface area contributed by atoms with Gasteiger partial charge < -0.3 is 9.42 Å². The fourth-order valence-electron chi connectivity index (χ4n) is 4.56. The number of unbranched alkanes of at least 4 members (excludes halogenated alkanes) is 2. The van der Waals surface area contributed by atoms with Crippen molar-refractivity contribution in [3.8, 4) is 0 Å². The second-order valence-electron chi connectivity index (χ2n) is 9.61. The topological polar surface area (TPSA) is 33.4 Å². The molecule has 194 valence electrons. The molecule has 36 heavy (non-hydrogen) atoms. The van der Waals surface area contributed by atoms with Gasteiger partial charge in [-0.25, -0.2) is 0 Å². The number of anilines is 1. The summed E-state index contributed by atoms with van der Waals surface area (Å²) >= 11 is 0. The van der Waals surface area contributed by atoms with Crippen molar-refractivity contribution in [1.82, 2.24) is 0 Å². The lowest BCUT2D eigenvalue weighted by Gasteiger charge is -2.24. The molecule has 1 atom stereocenters. The molecular formula is C31H44N2O2P+. The average Bonchev–Trinajstić information content (AvgIpc) is 2.88. The van der Waals surface area contributed by atoms with E-state index in [0.29, 0.717) is 12.8 Å². The van der Waals surface area contributed by atoms with Crippen molar-refractivity contribution < 1.29 is 13.7 Å². The Hall–Kier alpha value is -2.42. The second kappa shape index (κ2) is 14.4. The first-order chi connectivity index (χ1) is 17.5. The number of fused-ring (bicyclic) bond motifs is 1. The number of para-hydroxylation sites is 1. The monoisotopic (exact) mass is 507 g/mol. The minimum Gasteiger partial charge on any atom is -0.372 e. The van der Waals surface area contributed by atoms with Crippen LogP contribution in [-0.2, 0) is 15.6 Å². The van der Waals surface area contributed by atoms with Gasteiger partial charge in [0.05, 0.1) is 12.0 Å². The van der Waals surface area contributed by atoms with Crippen LogP contribution in [0.5, 0.6) is 0 Å². The standard InChI is InChI=1S/C31H44N2O2P/c1-5-8-22-32(23-9-6-2)29-19-16-27(17-20-29)15-18-28-21-25-33(31-14-11-10-13-30(28)31)24-12-26-36(4,34)35-7-3/h10-11,13-21,25H,5-9,12,22-24,26H2,1-4H3/q+1. The molecule has 0 N–H and O–H groups in total. The van der Waals surface area contributed by atoms with Crippen molar-refractivity contribution in [2.24, 2.45) is 0 Å². The molecule has 0 amide bonds. The maximum Gasteiger partial charge on any atom is 0.213 e. The van der Waals surface area contributed by atoms with E-state index >= 15 is 0 Å². The molecule has 4 nitrogen and oxygen atoms in total. The highest BCUT2D eigenvalue weighted by Gasteiger charge is 2.17. The zero-order valence-corrected chi connectivity index (χ0v) is 23.6. The number of pyridine rings is 1. The molecular weight excluding hydrogens is 463 g/mol. The first-order valence-corrected chi connectivity index (χ1v) is 15.9. The van der Waals surface area contributed by atoms with Gasteiger partial charge in [0, 0.05) is 50.2 Å². The van der Waals surface area contributed by atoms with Gasteiger partial charge in [-0.3, -0.25) is 4.57 Å². The predicted octanol–water partition coefficient (Wildman–Crippen LogP) is 8.04. The van der Waals surface area contributed by atoms with E-state index < -0.39 is 7.37 Å². The summed E-state index contributed by atoms with van der Waals surface area (Å²) < 4.78 is 20.1. The number of aromatic nitrogens is 1. The molecule has 3 rings (SSSR count). The van der Waals surface area contributed by atoms with Crippen molar-refractivity contribution in [2.45, 2.75) is 59.4 Å². The fourth-order valence-corrected chi connectivity index (χ4v) is 5.96. The zero-order chi connectivity index (χ0) is 25.8. The normalized spacial score (nSPS) is 13.3. The summed E-state index contributed by atoms with van der Waals surface area (Å²) in [7, 11) is -2.49. The third-order valence-corrected chi connectivity index (χ3v) is 8.53. The Kier molecular flexibility index (Phi) is 11.2. The third-order valence-electron chi connectivity index (χ3n) is 6.60. The molecule has 0 aliphatic carbocycles. The Labute approximate surface area is 218 Å². The molecule has 3 aromatic rings. The first kappa shape index (κ1) is 28.2. The highest BCUT2D eigenvalue weighted by Crippen LogP contribution is 2.42. The zero-order valence-electron chi connectivity index (χ0n) is 22.7. The van der Waals surface area contributed by atoms with Gasteiger partial charge in [-0.2, -0.15) is 4.57 Å². The summed E-state index contributed by atoms with van der Waals surface area (Å²) in [5.74, 6) is 0. The molecule has 0 fully saturated rings. The van der Waals surface area contributed by atoms with Gasteiger partial charge in [-0.15, -0.1) is 0 Å². The van der Waals surface area contributed by atoms with E-state index in [1.807, 2.05) is 6.92 Å². The Balaban J connectivity index is 1.73. The van der Waals surface area contributed by atoms with Crippen LogP contribution in [-0.4, -0.2) is 32.5 Å². The number of hydrogen-bond acceptors (Lipinski definition) is 3. The fraction of sp³-hybridized carbons (Fsp3) is 0.452. The molecule has 2 aromatic carbocycles. The smallest absolute Gasteiger partial charge is 0.213 e. The number of rotatable bonds is 15. The van der Waals surface area contributed by atoms with E-state index in [0.717, 1.165) is 26.1 Å². The van der Waals surface area contributed by atoms with E-state index in [4.69, 9.17) is 4.52 Å². The molecule has 0 aliphatic rings. The second-order valence-corrected chi connectivity index (χ2v) is 12.3. The molecule has 1 aromatic heterocycles. The van der Waals surface area contributed by atoms with E-state index in [9.17, 15) is 4.57 Å². The lowest BCUT2D eigenvalue weighted by molar-refractivity contribution is -0.671. The summed E-state index contributed by atoms with van der Waals surface area (Å²) in [6.07, 6.45) is 12.9. The van der Waals surface area contributed by atoms with Crippen LogP contribution in [0.1, 0.15) is 64.0 Å². The van der Waals surface area contributed by atoms with Gasteiger partial charge >= 0.3 is 0 Å². The van der Waals surface area contributed by atoms with Gasteiger partial charge in [-0.1, -0.05) is 63.1 Å². The van der Waals surface area contributed by atoms with Gasteiger partial charge in [0.25, 0.3) is 0 Å². The van der Waals surface area contributed by atoms with Crippen LogP contribution in [0.4, 0.5) is 5.69 Å². The summed E-state index contributed by atoms with van der Waals surface area (Å²) in [6.45, 7) is 11.7. The van der Waals surface area contributed by atoms with Gasteiger partial charge in [0.2, 0.25) is 5.52 Å².